The number of hydrogen-bond donors (Lipinski definition) is 1. The van der Waals surface area contributed by atoms with Crippen LogP contribution >= 0.6 is 0 Å². The van der Waals surface area contributed by atoms with Crippen LogP contribution in [0, 0.1) is 0 Å². The van der Waals surface area contributed by atoms with Gasteiger partial charge in [0.15, 0.2) is 0 Å². The van der Waals surface area contributed by atoms with E-state index in [4.69, 9.17) is 4.74 Å². The lowest BCUT2D eigenvalue weighted by molar-refractivity contribution is 0.305. The van der Waals surface area contributed by atoms with Gasteiger partial charge in [-0.1, -0.05) is 27.2 Å². The van der Waals surface area contributed by atoms with Gasteiger partial charge in [0.25, 0.3) is 0 Å². The van der Waals surface area contributed by atoms with Crippen molar-refractivity contribution in [2.24, 2.45) is 0 Å². The lowest BCUT2D eigenvalue weighted by Gasteiger charge is -2.14. The minimum atomic E-state index is 0.391. The Kier molecular flexibility index (Phi) is 5.17. The zero-order chi connectivity index (χ0) is 12.0. The van der Waals surface area contributed by atoms with Crippen molar-refractivity contribution in [3.05, 3.63) is 23.3 Å². The number of rotatable bonds is 6. The molecule has 0 aliphatic heterocycles. The Morgan fingerprint density at radius 1 is 1.06 bits per heavy atom. The molecule has 90 valence electrons. The van der Waals surface area contributed by atoms with E-state index in [1.165, 1.54) is 0 Å². The lowest BCUT2D eigenvalue weighted by Crippen LogP contribution is -2.02. The maximum atomic E-state index is 9.76. The molecule has 0 aliphatic rings. The predicted octanol–water partition coefficient (Wildman–Crippen LogP) is 3.70. The first-order valence-corrected chi connectivity index (χ1v) is 6.21. The van der Waals surface area contributed by atoms with Crippen molar-refractivity contribution in [1.29, 1.82) is 0 Å². The molecule has 0 saturated carbocycles. The third kappa shape index (κ3) is 2.91. The average Bonchev–Trinajstić information content (AvgIpc) is 2.30. The zero-order valence-corrected chi connectivity index (χ0v) is 10.5. The topological polar surface area (TPSA) is 29.5 Å². The summed E-state index contributed by atoms with van der Waals surface area (Å²) in [5, 5.41) is 9.76. The largest absolute Gasteiger partial charge is 0.508 e. The molecule has 0 unspecified atom stereocenters. The summed E-state index contributed by atoms with van der Waals surface area (Å²) in [5.41, 5.74) is 2.18. The maximum absolute atomic E-state index is 9.76. The van der Waals surface area contributed by atoms with Crippen LogP contribution in [0.2, 0.25) is 0 Å². The van der Waals surface area contributed by atoms with Gasteiger partial charge in [-0.2, -0.15) is 0 Å². The van der Waals surface area contributed by atoms with Crippen LogP contribution in [0.3, 0.4) is 0 Å². The summed E-state index contributed by atoms with van der Waals surface area (Å²) in [6.45, 7) is 7.07. The molecule has 0 aromatic heterocycles. The van der Waals surface area contributed by atoms with Crippen molar-refractivity contribution in [3.8, 4) is 11.5 Å². The van der Waals surface area contributed by atoms with Gasteiger partial charge >= 0.3 is 0 Å². The number of aromatic hydroxyl groups is 1. The molecular formula is C14H22O2. The minimum absolute atomic E-state index is 0.391. The highest BCUT2D eigenvalue weighted by atomic mass is 16.5. The molecule has 0 heterocycles. The van der Waals surface area contributed by atoms with Crippen LogP contribution in [0.15, 0.2) is 12.1 Å². The van der Waals surface area contributed by atoms with Gasteiger partial charge in [-0.3, -0.25) is 0 Å². The predicted molar refractivity (Wildman–Crippen MR) is 67.3 cm³/mol. The first kappa shape index (κ1) is 12.9. The zero-order valence-electron chi connectivity index (χ0n) is 10.5. The fraction of sp³-hybridized carbons (Fsp3) is 0.571. The van der Waals surface area contributed by atoms with Gasteiger partial charge in [0.1, 0.15) is 11.5 Å². The highest BCUT2D eigenvalue weighted by molar-refractivity contribution is 5.48. The molecular weight excluding hydrogens is 200 g/mol. The molecule has 2 heteroatoms. The molecule has 0 bridgehead atoms. The number of unbranched alkanes of at least 4 members (excludes halogenated alkanes) is 1. The summed E-state index contributed by atoms with van der Waals surface area (Å²) in [5.74, 6) is 1.33. The second-order valence-electron chi connectivity index (χ2n) is 3.95. The summed E-state index contributed by atoms with van der Waals surface area (Å²) in [7, 11) is 0. The van der Waals surface area contributed by atoms with Gasteiger partial charge in [0, 0.05) is 11.1 Å². The van der Waals surface area contributed by atoms with Crippen molar-refractivity contribution >= 4 is 0 Å². The summed E-state index contributed by atoms with van der Waals surface area (Å²) in [4.78, 5) is 0. The van der Waals surface area contributed by atoms with E-state index in [9.17, 15) is 5.11 Å². The number of phenols is 1. The lowest BCUT2D eigenvalue weighted by atomic mass is 10.0. The molecule has 1 aromatic rings. The van der Waals surface area contributed by atoms with Crippen molar-refractivity contribution in [2.45, 2.75) is 46.5 Å². The van der Waals surface area contributed by atoms with Crippen LogP contribution in [-0.4, -0.2) is 11.7 Å². The van der Waals surface area contributed by atoms with E-state index in [1.807, 2.05) is 6.07 Å². The average molecular weight is 222 g/mol. The highest BCUT2D eigenvalue weighted by Crippen LogP contribution is 2.30. The number of ether oxygens (including phenoxy) is 1. The Balaban J connectivity index is 2.91. The smallest absolute Gasteiger partial charge is 0.123 e. The Morgan fingerprint density at radius 3 is 2.31 bits per heavy atom. The molecule has 1 rings (SSSR count). The Labute approximate surface area is 98.3 Å². The Bertz CT molecular complexity index is 332. The maximum Gasteiger partial charge on any atom is 0.123 e. The molecule has 0 atom stereocenters. The number of phenolic OH excluding ortho intramolecular Hbond substituents is 1. The number of hydrogen-bond acceptors (Lipinski definition) is 2. The summed E-state index contributed by atoms with van der Waals surface area (Å²) in [6.07, 6.45) is 3.96. The second-order valence-corrected chi connectivity index (χ2v) is 3.95. The van der Waals surface area contributed by atoms with Gasteiger partial charge in [0.2, 0.25) is 0 Å². The molecule has 0 aliphatic carbocycles. The van der Waals surface area contributed by atoms with Crippen molar-refractivity contribution in [2.75, 3.05) is 6.61 Å². The van der Waals surface area contributed by atoms with Crippen LogP contribution in [0.1, 0.15) is 44.7 Å². The Hall–Kier alpha value is -1.18. The third-order valence-electron chi connectivity index (χ3n) is 2.83. The highest BCUT2D eigenvalue weighted by Gasteiger charge is 2.10. The van der Waals surface area contributed by atoms with Gasteiger partial charge in [-0.25, -0.2) is 0 Å². The molecule has 0 amide bonds. The summed E-state index contributed by atoms with van der Waals surface area (Å²) < 4.78 is 5.75. The SMILES string of the molecule is CCCCOc1ccc(O)c(CC)c1CC. The third-order valence-corrected chi connectivity index (χ3v) is 2.83. The molecule has 0 fully saturated rings. The van der Waals surface area contributed by atoms with Crippen molar-refractivity contribution in [1.82, 2.24) is 0 Å². The molecule has 0 radical (unpaired) electrons. The van der Waals surface area contributed by atoms with Gasteiger partial charge < -0.3 is 9.84 Å². The van der Waals surface area contributed by atoms with Crippen LogP contribution in [0.5, 0.6) is 11.5 Å². The molecule has 0 saturated heterocycles. The van der Waals surface area contributed by atoms with E-state index >= 15 is 0 Å². The molecule has 1 aromatic carbocycles. The van der Waals surface area contributed by atoms with Crippen LogP contribution in [0.25, 0.3) is 0 Å². The van der Waals surface area contributed by atoms with E-state index < -0.39 is 0 Å². The summed E-state index contributed by atoms with van der Waals surface area (Å²) >= 11 is 0. The molecule has 1 N–H and O–H groups in total. The summed E-state index contributed by atoms with van der Waals surface area (Å²) in [6, 6.07) is 3.61. The van der Waals surface area contributed by atoms with E-state index in [0.29, 0.717) is 5.75 Å². The van der Waals surface area contributed by atoms with Crippen molar-refractivity contribution in [3.63, 3.8) is 0 Å². The first-order valence-electron chi connectivity index (χ1n) is 6.21. The van der Waals surface area contributed by atoms with E-state index in [-0.39, 0.29) is 0 Å². The molecule has 16 heavy (non-hydrogen) atoms. The second kappa shape index (κ2) is 6.41. The van der Waals surface area contributed by atoms with Gasteiger partial charge in [0.05, 0.1) is 6.61 Å². The van der Waals surface area contributed by atoms with Crippen LogP contribution in [-0.2, 0) is 12.8 Å². The standard InChI is InChI=1S/C14H22O2/c1-4-7-10-16-14-9-8-13(15)11(5-2)12(14)6-3/h8-9,15H,4-7,10H2,1-3H3. The fourth-order valence-corrected chi connectivity index (χ4v) is 1.90. The van der Waals surface area contributed by atoms with E-state index in [2.05, 4.69) is 20.8 Å². The molecule has 2 nitrogen and oxygen atoms in total. The normalized spacial score (nSPS) is 10.4. The van der Waals surface area contributed by atoms with E-state index in [1.54, 1.807) is 6.07 Å². The van der Waals surface area contributed by atoms with Crippen LogP contribution < -0.4 is 4.74 Å². The van der Waals surface area contributed by atoms with Crippen molar-refractivity contribution < 1.29 is 9.84 Å². The first-order chi connectivity index (χ1) is 7.74. The number of benzene rings is 1. The van der Waals surface area contributed by atoms with Gasteiger partial charge in [-0.15, -0.1) is 0 Å². The minimum Gasteiger partial charge on any atom is -0.508 e. The quantitative estimate of drug-likeness (QED) is 0.744. The van der Waals surface area contributed by atoms with E-state index in [0.717, 1.165) is 49.2 Å². The van der Waals surface area contributed by atoms with Crippen LogP contribution in [0.4, 0.5) is 0 Å². The monoisotopic (exact) mass is 222 g/mol. The van der Waals surface area contributed by atoms with Gasteiger partial charge in [-0.05, 0) is 31.4 Å². The molecule has 0 spiro atoms. The Morgan fingerprint density at radius 2 is 1.75 bits per heavy atom. The fourth-order valence-electron chi connectivity index (χ4n) is 1.90.